The molecule has 1 unspecified atom stereocenters. The summed E-state index contributed by atoms with van der Waals surface area (Å²) >= 11 is 4.32. The summed E-state index contributed by atoms with van der Waals surface area (Å²) in [4.78, 5) is 13.9. The third-order valence-corrected chi connectivity index (χ3v) is 4.30. The number of hydrogen-bond donors (Lipinski definition) is 2. The van der Waals surface area contributed by atoms with E-state index in [0.717, 1.165) is 31.7 Å². The SMILES string of the molecule is NC1CCCN(C(=O)CC2(CS)CC2)C1. The lowest BCUT2D eigenvalue weighted by Gasteiger charge is -2.31. The molecule has 1 aliphatic carbocycles. The van der Waals surface area contributed by atoms with Crippen molar-refractivity contribution in [1.82, 2.24) is 4.90 Å². The molecule has 86 valence electrons. The highest BCUT2D eigenvalue weighted by atomic mass is 32.1. The predicted octanol–water partition coefficient (Wildman–Crippen LogP) is 1.04. The van der Waals surface area contributed by atoms with E-state index in [0.29, 0.717) is 6.42 Å². The molecule has 0 bridgehead atoms. The molecule has 2 aliphatic rings. The molecular formula is C11H20N2OS. The molecular weight excluding hydrogens is 208 g/mol. The fourth-order valence-electron chi connectivity index (χ4n) is 2.24. The fourth-order valence-corrected chi connectivity index (χ4v) is 2.66. The third kappa shape index (κ3) is 2.67. The molecule has 0 radical (unpaired) electrons. The molecule has 1 amide bonds. The lowest BCUT2D eigenvalue weighted by atomic mass is 10.0. The molecule has 0 spiro atoms. The van der Waals surface area contributed by atoms with Crippen LogP contribution >= 0.6 is 12.6 Å². The third-order valence-electron chi connectivity index (χ3n) is 3.63. The van der Waals surface area contributed by atoms with Crippen molar-refractivity contribution in [3.63, 3.8) is 0 Å². The Morgan fingerprint density at radius 2 is 2.27 bits per heavy atom. The van der Waals surface area contributed by atoms with Gasteiger partial charge in [-0.15, -0.1) is 0 Å². The number of piperidine rings is 1. The highest BCUT2D eigenvalue weighted by molar-refractivity contribution is 7.80. The Balaban J connectivity index is 1.85. The van der Waals surface area contributed by atoms with Gasteiger partial charge in [0.15, 0.2) is 0 Å². The summed E-state index contributed by atoms with van der Waals surface area (Å²) in [5.41, 5.74) is 6.10. The topological polar surface area (TPSA) is 46.3 Å². The normalized spacial score (nSPS) is 28.9. The molecule has 2 N–H and O–H groups in total. The summed E-state index contributed by atoms with van der Waals surface area (Å²) in [6, 6.07) is 0.189. The zero-order valence-corrected chi connectivity index (χ0v) is 10.0. The Morgan fingerprint density at radius 3 is 2.80 bits per heavy atom. The summed E-state index contributed by atoms with van der Waals surface area (Å²) < 4.78 is 0. The molecule has 15 heavy (non-hydrogen) atoms. The average Bonchev–Trinajstić information content (AvgIpc) is 2.98. The van der Waals surface area contributed by atoms with Gasteiger partial charge in [-0.1, -0.05) is 0 Å². The number of thiol groups is 1. The standard InChI is InChI=1S/C11H20N2OS/c12-9-2-1-5-13(7-9)10(14)6-11(8-15)3-4-11/h9,15H,1-8,12H2. The molecule has 2 rings (SSSR count). The lowest BCUT2D eigenvalue weighted by Crippen LogP contribution is -2.46. The Hall–Kier alpha value is -0.220. The van der Waals surface area contributed by atoms with Crippen molar-refractivity contribution < 1.29 is 4.79 Å². The van der Waals surface area contributed by atoms with E-state index in [2.05, 4.69) is 12.6 Å². The van der Waals surface area contributed by atoms with Crippen molar-refractivity contribution in [2.24, 2.45) is 11.1 Å². The largest absolute Gasteiger partial charge is 0.341 e. The van der Waals surface area contributed by atoms with Crippen LogP contribution in [0, 0.1) is 5.41 Å². The van der Waals surface area contributed by atoms with Crippen LogP contribution in [-0.2, 0) is 4.79 Å². The molecule has 1 aliphatic heterocycles. The second kappa shape index (κ2) is 4.34. The smallest absolute Gasteiger partial charge is 0.223 e. The van der Waals surface area contributed by atoms with Gasteiger partial charge >= 0.3 is 0 Å². The second-order valence-corrected chi connectivity index (χ2v) is 5.39. The molecule has 1 heterocycles. The van der Waals surface area contributed by atoms with Gasteiger partial charge < -0.3 is 10.6 Å². The number of carbonyl (C=O) groups excluding carboxylic acids is 1. The summed E-state index contributed by atoms with van der Waals surface area (Å²) in [7, 11) is 0. The molecule has 0 aromatic carbocycles. The van der Waals surface area contributed by atoms with Crippen LogP contribution in [0.1, 0.15) is 32.1 Å². The molecule has 0 aromatic rings. The Bertz CT molecular complexity index is 253. The van der Waals surface area contributed by atoms with E-state index in [1.807, 2.05) is 4.90 Å². The van der Waals surface area contributed by atoms with E-state index in [4.69, 9.17) is 5.73 Å². The summed E-state index contributed by atoms with van der Waals surface area (Å²) in [5, 5.41) is 0. The number of likely N-dealkylation sites (tertiary alicyclic amines) is 1. The first-order chi connectivity index (χ1) is 7.15. The van der Waals surface area contributed by atoms with Crippen molar-refractivity contribution >= 4 is 18.5 Å². The first kappa shape index (κ1) is 11.3. The van der Waals surface area contributed by atoms with Crippen LogP contribution in [0.25, 0.3) is 0 Å². The average molecular weight is 228 g/mol. The van der Waals surface area contributed by atoms with Gasteiger partial charge in [-0.05, 0) is 36.9 Å². The molecule has 3 nitrogen and oxygen atoms in total. The minimum atomic E-state index is 0.189. The highest BCUT2D eigenvalue weighted by Crippen LogP contribution is 2.49. The zero-order chi connectivity index (χ0) is 10.9. The lowest BCUT2D eigenvalue weighted by molar-refractivity contribution is -0.133. The van der Waals surface area contributed by atoms with Gasteiger partial charge in [-0.3, -0.25) is 4.79 Å². The van der Waals surface area contributed by atoms with Crippen LogP contribution in [0.5, 0.6) is 0 Å². The maximum absolute atomic E-state index is 12.0. The number of carbonyl (C=O) groups is 1. The maximum atomic E-state index is 12.0. The first-order valence-corrected chi connectivity index (χ1v) is 6.43. The predicted molar refractivity (Wildman–Crippen MR) is 63.9 cm³/mol. The number of nitrogens with zero attached hydrogens (tertiary/aromatic N) is 1. The zero-order valence-electron chi connectivity index (χ0n) is 9.11. The summed E-state index contributed by atoms with van der Waals surface area (Å²) in [6.07, 6.45) is 5.13. The van der Waals surface area contributed by atoms with Gasteiger partial charge in [0, 0.05) is 25.6 Å². The summed E-state index contributed by atoms with van der Waals surface area (Å²) in [6.45, 7) is 1.65. The minimum Gasteiger partial charge on any atom is -0.341 e. The Labute approximate surface area is 96.8 Å². The highest BCUT2D eigenvalue weighted by Gasteiger charge is 2.43. The molecule has 2 fully saturated rings. The second-order valence-electron chi connectivity index (χ2n) is 5.08. The van der Waals surface area contributed by atoms with Gasteiger partial charge in [0.1, 0.15) is 0 Å². The first-order valence-electron chi connectivity index (χ1n) is 5.79. The van der Waals surface area contributed by atoms with E-state index < -0.39 is 0 Å². The van der Waals surface area contributed by atoms with E-state index >= 15 is 0 Å². The molecule has 4 heteroatoms. The summed E-state index contributed by atoms with van der Waals surface area (Å²) in [5.74, 6) is 1.13. The number of rotatable bonds is 3. The Morgan fingerprint density at radius 1 is 1.53 bits per heavy atom. The van der Waals surface area contributed by atoms with E-state index in [9.17, 15) is 4.79 Å². The van der Waals surface area contributed by atoms with Gasteiger partial charge in [-0.25, -0.2) is 0 Å². The van der Waals surface area contributed by atoms with E-state index in [1.165, 1.54) is 12.8 Å². The van der Waals surface area contributed by atoms with Crippen LogP contribution in [-0.4, -0.2) is 35.7 Å². The molecule has 1 saturated carbocycles. The fraction of sp³-hybridized carbons (Fsp3) is 0.909. The van der Waals surface area contributed by atoms with Gasteiger partial charge in [0.2, 0.25) is 5.91 Å². The van der Waals surface area contributed by atoms with Crippen molar-refractivity contribution in [2.45, 2.75) is 38.1 Å². The van der Waals surface area contributed by atoms with Crippen molar-refractivity contribution in [1.29, 1.82) is 0 Å². The van der Waals surface area contributed by atoms with Crippen LogP contribution in [0.2, 0.25) is 0 Å². The number of amides is 1. The Kier molecular flexibility index (Phi) is 3.26. The molecule has 1 saturated heterocycles. The van der Waals surface area contributed by atoms with Crippen molar-refractivity contribution in [2.75, 3.05) is 18.8 Å². The van der Waals surface area contributed by atoms with Gasteiger partial charge in [-0.2, -0.15) is 12.6 Å². The van der Waals surface area contributed by atoms with Crippen LogP contribution in [0.15, 0.2) is 0 Å². The quantitative estimate of drug-likeness (QED) is 0.709. The van der Waals surface area contributed by atoms with Gasteiger partial charge in [0.25, 0.3) is 0 Å². The van der Waals surface area contributed by atoms with Crippen molar-refractivity contribution in [3.05, 3.63) is 0 Å². The minimum absolute atomic E-state index is 0.189. The number of hydrogen-bond acceptors (Lipinski definition) is 3. The van der Waals surface area contributed by atoms with Gasteiger partial charge in [0.05, 0.1) is 0 Å². The van der Waals surface area contributed by atoms with Crippen LogP contribution in [0.4, 0.5) is 0 Å². The monoisotopic (exact) mass is 228 g/mol. The van der Waals surface area contributed by atoms with Crippen molar-refractivity contribution in [3.8, 4) is 0 Å². The van der Waals surface area contributed by atoms with E-state index in [-0.39, 0.29) is 17.4 Å². The van der Waals surface area contributed by atoms with E-state index in [1.54, 1.807) is 0 Å². The molecule has 0 aromatic heterocycles. The number of nitrogens with two attached hydrogens (primary N) is 1. The maximum Gasteiger partial charge on any atom is 0.223 e. The molecule has 1 atom stereocenters. The van der Waals surface area contributed by atoms with Crippen LogP contribution in [0.3, 0.4) is 0 Å². The van der Waals surface area contributed by atoms with Crippen LogP contribution < -0.4 is 5.73 Å².